The lowest BCUT2D eigenvalue weighted by Crippen LogP contribution is -1.95. The van der Waals surface area contributed by atoms with Crippen molar-refractivity contribution in [2.45, 2.75) is 37.7 Å². The summed E-state index contributed by atoms with van der Waals surface area (Å²) in [5, 5.41) is 10.9. The Morgan fingerprint density at radius 1 is 1.00 bits per heavy atom. The Morgan fingerprint density at radius 2 is 1.68 bits per heavy atom. The number of hydrogen-bond acceptors (Lipinski definition) is 4. The quantitative estimate of drug-likeness (QED) is 0.833. The molecule has 2 heterocycles. The van der Waals surface area contributed by atoms with Crippen molar-refractivity contribution in [3.63, 3.8) is 0 Å². The maximum atomic E-state index is 9.25. The van der Waals surface area contributed by atoms with Gasteiger partial charge in [-0.1, -0.05) is 0 Å². The molecule has 0 amide bonds. The minimum atomic E-state index is 0.636. The highest BCUT2D eigenvalue weighted by Gasteiger charge is 2.11. The maximum Gasteiger partial charge on any atom is 0.121 e. The molecule has 0 fully saturated rings. The van der Waals surface area contributed by atoms with Crippen LogP contribution in [0.3, 0.4) is 0 Å². The van der Waals surface area contributed by atoms with Gasteiger partial charge in [0.05, 0.1) is 5.56 Å². The second-order valence-electron chi connectivity index (χ2n) is 4.60. The molecular weight excluding hydrogens is 254 g/mol. The summed E-state index contributed by atoms with van der Waals surface area (Å²) in [6, 6.07) is 8.20. The van der Waals surface area contributed by atoms with Gasteiger partial charge in [0.15, 0.2) is 0 Å². The molecule has 2 aromatic rings. The second-order valence-corrected chi connectivity index (χ2v) is 5.61. The van der Waals surface area contributed by atoms with Crippen LogP contribution in [-0.4, -0.2) is 9.97 Å². The number of rotatable bonds is 2. The zero-order valence-corrected chi connectivity index (χ0v) is 12.3. The van der Waals surface area contributed by atoms with Gasteiger partial charge in [0, 0.05) is 11.4 Å². The summed E-state index contributed by atoms with van der Waals surface area (Å²) in [4.78, 5) is 8.94. The van der Waals surface area contributed by atoms with Crippen molar-refractivity contribution in [3.05, 3.63) is 46.3 Å². The molecule has 0 aromatic carbocycles. The van der Waals surface area contributed by atoms with E-state index in [0.717, 1.165) is 32.6 Å². The minimum Gasteiger partial charge on any atom is -0.246 e. The number of nitriles is 1. The molecule has 3 nitrogen and oxygen atoms in total. The summed E-state index contributed by atoms with van der Waals surface area (Å²) in [5.74, 6) is 0. The van der Waals surface area contributed by atoms with Crippen molar-refractivity contribution in [1.29, 1.82) is 5.26 Å². The van der Waals surface area contributed by atoms with Crippen LogP contribution in [0.15, 0.2) is 28.3 Å². The van der Waals surface area contributed by atoms with E-state index in [1.165, 1.54) is 11.8 Å². The van der Waals surface area contributed by atoms with Crippen LogP contribution >= 0.6 is 11.8 Å². The van der Waals surface area contributed by atoms with Gasteiger partial charge in [0.2, 0.25) is 0 Å². The summed E-state index contributed by atoms with van der Waals surface area (Å²) in [6.07, 6.45) is 0. The van der Waals surface area contributed by atoms with E-state index in [1.807, 2.05) is 45.9 Å². The Hall–Kier alpha value is -1.86. The molecule has 96 valence electrons. The van der Waals surface area contributed by atoms with E-state index in [9.17, 15) is 5.26 Å². The Kier molecular flexibility index (Phi) is 3.87. The Labute approximate surface area is 117 Å². The fourth-order valence-electron chi connectivity index (χ4n) is 1.97. The van der Waals surface area contributed by atoms with Crippen LogP contribution in [0.25, 0.3) is 0 Å². The molecule has 4 heteroatoms. The van der Waals surface area contributed by atoms with E-state index in [2.05, 4.69) is 16.0 Å². The highest BCUT2D eigenvalue weighted by molar-refractivity contribution is 7.99. The lowest BCUT2D eigenvalue weighted by molar-refractivity contribution is 1.01. The molecule has 0 saturated carbocycles. The second kappa shape index (κ2) is 5.41. The van der Waals surface area contributed by atoms with E-state index in [-0.39, 0.29) is 0 Å². The number of aryl methyl sites for hydroxylation is 4. The SMILES string of the molecule is Cc1cc(C)nc(Sc2nc(C)cc(C)c2C#N)c1. The highest BCUT2D eigenvalue weighted by atomic mass is 32.2. The van der Waals surface area contributed by atoms with Crippen LogP contribution in [0.2, 0.25) is 0 Å². The lowest BCUT2D eigenvalue weighted by atomic mass is 10.1. The van der Waals surface area contributed by atoms with Crippen molar-refractivity contribution in [1.82, 2.24) is 9.97 Å². The van der Waals surface area contributed by atoms with E-state index in [4.69, 9.17) is 0 Å². The summed E-state index contributed by atoms with van der Waals surface area (Å²) in [7, 11) is 0. The largest absolute Gasteiger partial charge is 0.246 e. The molecule has 0 aliphatic heterocycles. The van der Waals surface area contributed by atoms with Gasteiger partial charge in [-0.3, -0.25) is 0 Å². The van der Waals surface area contributed by atoms with Crippen LogP contribution in [0.1, 0.15) is 28.1 Å². The van der Waals surface area contributed by atoms with Crippen LogP contribution in [0.4, 0.5) is 0 Å². The first kappa shape index (κ1) is 13.6. The molecular formula is C15H15N3S. The van der Waals surface area contributed by atoms with Crippen molar-refractivity contribution < 1.29 is 0 Å². The van der Waals surface area contributed by atoms with Crippen molar-refractivity contribution in [3.8, 4) is 6.07 Å². The molecule has 0 N–H and O–H groups in total. The first-order valence-corrected chi connectivity index (χ1v) is 6.82. The van der Waals surface area contributed by atoms with E-state index in [0.29, 0.717) is 5.56 Å². The molecule has 0 unspecified atom stereocenters. The number of aromatic nitrogens is 2. The van der Waals surface area contributed by atoms with Gasteiger partial charge in [-0.05, 0) is 68.8 Å². The van der Waals surface area contributed by atoms with Crippen LogP contribution in [0.5, 0.6) is 0 Å². The normalized spacial score (nSPS) is 10.3. The van der Waals surface area contributed by atoms with Crippen LogP contribution in [0, 0.1) is 39.0 Å². The molecule has 0 radical (unpaired) electrons. The molecule has 0 saturated heterocycles. The number of hydrogen-bond donors (Lipinski definition) is 0. The number of pyridine rings is 2. The fraction of sp³-hybridized carbons (Fsp3) is 0.267. The molecule has 2 rings (SSSR count). The minimum absolute atomic E-state index is 0.636. The maximum absolute atomic E-state index is 9.25. The summed E-state index contributed by atoms with van der Waals surface area (Å²) in [6.45, 7) is 7.88. The predicted molar refractivity (Wildman–Crippen MR) is 76.3 cm³/mol. The van der Waals surface area contributed by atoms with E-state index >= 15 is 0 Å². The van der Waals surface area contributed by atoms with Crippen LogP contribution in [-0.2, 0) is 0 Å². The van der Waals surface area contributed by atoms with Gasteiger partial charge in [0.25, 0.3) is 0 Å². The topological polar surface area (TPSA) is 49.6 Å². The first-order valence-electron chi connectivity index (χ1n) is 6.01. The zero-order chi connectivity index (χ0) is 14.0. The Morgan fingerprint density at radius 3 is 2.32 bits per heavy atom. The standard InChI is InChI=1S/C15H15N3S/c1-9-5-11(3)17-14(6-9)19-15-13(8-16)10(2)7-12(4)18-15/h5-7H,1-4H3. The smallest absolute Gasteiger partial charge is 0.121 e. The van der Waals surface area contributed by atoms with E-state index in [1.54, 1.807) is 0 Å². The summed E-state index contributed by atoms with van der Waals surface area (Å²) in [5.41, 5.74) is 4.66. The van der Waals surface area contributed by atoms with Gasteiger partial charge in [-0.25, -0.2) is 9.97 Å². The third-order valence-corrected chi connectivity index (χ3v) is 3.61. The molecule has 0 atom stereocenters. The van der Waals surface area contributed by atoms with Gasteiger partial charge < -0.3 is 0 Å². The van der Waals surface area contributed by atoms with Crippen LogP contribution < -0.4 is 0 Å². The average molecular weight is 269 g/mol. The molecule has 0 spiro atoms. The van der Waals surface area contributed by atoms with Gasteiger partial charge >= 0.3 is 0 Å². The predicted octanol–water partition coefficient (Wildman–Crippen LogP) is 3.73. The lowest BCUT2D eigenvalue weighted by Gasteiger charge is -2.08. The Bertz CT molecular complexity index is 652. The molecule has 19 heavy (non-hydrogen) atoms. The molecule has 0 aliphatic carbocycles. The van der Waals surface area contributed by atoms with Gasteiger partial charge in [0.1, 0.15) is 16.1 Å². The number of nitrogens with zero attached hydrogens (tertiary/aromatic N) is 3. The summed E-state index contributed by atoms with van der Waals surface area (Å²) >= 11 is 1.45. The monoisotopic (exact) mass is 269 g/mol. The zero-order valence-electron chi connectivity index (χ0n) is 11.5. The van der Waals surface area contributed by atoms with Crippen molar-refractivity contribution in [2.75, 3.05) is 0 Å². The Balaban J connectivity index is 2.46. The van der Waals surface area contributed by atoms with Crippen molar-refractivity contribution in [2.24, 2.45) is 0 Å². The van der Waals surface area contributed by atoms with Gasteiger partial charge in [-0.2, -0.15) is 5.26 Å². The van der Waals surface area contributed by atoms with Gasteiger partial charge in [-0.15, -0.1) is 0 Å². The summed E-state index contributed by atoms with van der Waals surface area (Å²) < 4.78 is 0. The fourth-order valence-corrected chi connectivity index (χ4v) is 3.10. The molecule has 2 aromatic heterocycles. The molecule has 0 aliphatic rings. The molecule has 0 bridgehead atoms. The average Bonchev–Trinajstić information content (AvgIpc) is 2.26. The third-order valence-electron chi connectivity index (χ3n) is 2.70. The van der Waals surface area contributed by atoms with Crippen molar-refractivity contribution >= 4 is 11.8 Å². The third kappa shape index (κ3) is 3.12. The van der Waals surface area contributed by atoms with E-state index < -0.39 is 0 Å². The highest BCUT2D eigenvalue weighted by Crippen LogP contribution is 2.29. The first-order chi connectivity index (χ1) is 8.99.